The molecule has 1 heterocycles. The number of nitrogens with one attached hydrogen (secondary N) is 1. The average Bonchev–Trinajstić information content (AvgIpc) is 2.54. The first-order valence-corrected chi connectivity index (χ1v) is 8.36. The van der Waals surface area contributed by atoms with Crippen LogP contribution >= 0.6 is 11.6 Å². The van der Waals surface area contributed by atoms with Crippen molar-refractivity contribution in [1.82, 2.24) is 10.2 Å². The van der Waals surface area contributed by atoms with Crippen molar-refractivity contribution in [2.75, 3.05) is 19.6 Å². The fourth-order valence-corrected chi connectivity index (χ4v) is 2.95. The summed E-state index contributed by atoms with van der Waals surface area (Å²) in [5, 5.41) is 14.0. The minimum Gasteiger partial charge on any atom is -0.349 e. The smallest absolute Gasteiger partial charge is 0.270 e. The lowest BCUT2D eigenvalue weighted by atomic mass is 10.0. The zero-order valence-electron chi connectivity index (χ0n) is 13.3. The number of nitrogens with zero attached hydrogens (tertiary/aromatic N) is 2. The van der Waals surface area contributed by atoms with Gasteiger partial charge in [-0.15, -0.1) is 0 Å². The van der Waals surface area contributed by atoms with Gasteiger partial charge in [0.25, 0.3) is 11.6 Å². The van der Waals surface area contributed by atoms with Crippen LogP contribution in [-0.2, 0) is 0 Å². The summed E-state index contributed by atoms with van der Waals surface area (Å²) < 4.78 is 0. The number of hydrogen-bond acceptors (Lipinski definition) is 4. The first-order chi connectivity index (χ1) is 11.0. The van der Waals surface area contributed by atoms with Crippen molar-refractivity contribution < 1.29 is 9.72 Å². The van der Waals surface area contributed by atoms with Gasteiger partial charge in [0, 0.05) is 31.3 Å². The van der Waals surface area contributed by atoms with E-state index in [0.717, 1.165) is 32.5 Å². The van der Waals surface area contributed by atoms with Crippen molar-refractivity contribution in [3.05, 3.63) is 38.9 Å². The van der Waals surface area contributed by atoms with Gasteiger partial charge in [0.15, 0.2) is 0 Å². The molecule has 23 heavy (non-hydrogen) atoms. The third kappa shape index (κ3) is 4.91. The van der Waals surface area contributed by atoms with E-state index in [4.69, 9.17) is 11.6 Å². The number of carbonyl (C=O) groups excluding carboxylic acids is 1. The molecule has 0 spiro atoms. The van der Waals surface area contributed by atoms with Crippen LogP contribution < -0.4 is 5.32 Å². The van der Waals surface area contributed by atoms with Crippen LogP contribution in [-0.4, -0.2) is 41.4 Å². The molecule has 0 bridgehead atoms. The highest BCUT2D eigenvalue weighted by Crippen LogP contribution is 2.22. The molecule has 0 radical (unpaired) electrons. The number of carbonyl (C=O) groups is 1. The van der Waals surface area contributed by atoms with Crippen LogP contribution in [0.5, 0.6) is 0 Å². The van der Waals surface area contributed by atoms with Crippen molar-refractivity contribution in [3.8, 4) is 0 Å². The maximum atomic E-state index is 12.3. The number of halogens is 1. The van der Waals surface area contributed by atoms with Crippen LogP contribution in [0.1, 0.15) is 43.0 Å². The molecule has 0 aromatic heterocycles. The number of rotatable bonds is 6. The van der Waals surface area contributed by atoms with Crippen LogP contribution in [0.2, 0.25) is 5.02 Å². The van der Waals surface area contributed by atoms with Crippen molar-refractivity contribution in [2.24, 2.45) is 0 Å². The molecule has 0 saturated carbocycles. The fraction of sp³-hybridized carbons (Fsp3) is 0.562. The molecule has 1 amide bonds. The van der Waals surface area contributed by atoms with Gasteiger partial charge < -0.3 is 10.2 Å². The van der Waals surface area contributed by atoms with Crippen LogP contribution in [0.15, 0.2) is 18.2 Å². The fourth-order valence-electron chi connectivity index (χ4n) is 2.75. The summed E-state index contributed by atoms with van der Waals surface area (Å²) in [5.74, 6) is -0.342. The predicted molar refractivity (Wildman–Crippen MR) is 89.9 cm³/mol. The second kappa shape index (κ2) is 8.26. The molecule has 1 aromatic rings. The molecule has 0 aliphatic carbocycles. The molecule has 1 aromatic carbocycles. The van der Waals surface area contributed by atoms with Gasteiger partial charge in [-0.3, -0.25) is 14.9 Å². The van der Waals surface area contributed by atoms with E-state index in [9.17, 15) is 14.9 Å². The molecule has 6 nitrogen and oxygen atoms in total. The summed E-state index contributed by atoms with van der Waals surface area (Å²) in [6.45, 7) is 5.21. The van der Waals surface area contributed by atoms with Crippen LogP contribution in [0, 0.1) is 10.1 Å². The Morgan fingerprint density at radius 2 is 2.13 bits per heavy atom. The van der Waals surface area contributed by atoms with E-state index < -0.39 is 4.92 Å². The van der Waals surface area contributed by atoms with E-state index in [1.807, 2.05) is 0 Å². The number of benzene rings is 1. The third-order valence-corrected chi connectivity index (χ3v) is 4.49. The summed E-state index contributed by atoms with van der Waals surface area (Å²) in [7, 11) is 0. The molecular formula is C16H22ClN3O3. The predicted octanol–water partition coefficient (Wildman–Crippen LogP) is 3.24. The van der Waals surface area contributed by atoms with Gasteiger partial charge in [-0.25, -0.2) is 0 Å². The van der Waals surface area contributed by atoms with E-state index >= 15 is 0 Å². The number of hydrogen-bond donors (Lipinski definition) is 1. The lowest BCUT2D eigenvalue weighted by molar-refractivity contribution is -0.384. The number of nitro benzene ring substituents is 1. The van der Waals surface area contributed by atoms with Crippen molar-refractivity contribution >= 4 is 23.2 Å². The summed E-state index contributed by atoms with van der Waals surface area (Å²) in [4.78, 5) is 25.0. The Morgan fingerprint density at radius 1 is 1.43 bits per heavy atom. The maximum Gasteiger partial charge on any atom is 0.270 e. The Hall–Kier alpha value is -1.66. The van der Waals surface area contributed by atoms with Crippen LogP contribution in [0.3, 0.4) is 0 Å². The largest absolute Gasteiger partial charge is 0.349 e. The topological polar surface area (TPSA) is 75.5 Å². The minimum absolute atomic E-state index is 0.0932. The Morgan fingerprint density at radius 3 is 2.74 bits per heavy atom. The highest BCUT2D eigenvalue weighted by atomic mass is 35.5. The molecule has 1 aliphatic rings. The van der Waals surface area contributed by atoms with E-state index in [-0.39, 0.29) is 28.2 Å². The number of non-ortho nitro benzene ring substituents is 1. The van der Waals surface area contributed by atoms with Gasteiger partial charge in [-0.05, 0) is 31.9 Å². The Balaban J connectivity index is 1.93. The number of piperidine rings is 1. The number of amides is 1. The van der Waals surface area contributed by atoms with Gasteiger partial charge >= 0.3 is 0 Å². The quantitative estimate of drug-likeness (QED) is 0.637. The van der Waals surface area contributed by atoms with Crippen molar-refractivity contribution in [1.29, 1.82) is 0 Å². The monoisotopic (exact) mass is 339 g/mol. The number of unbranched alkanes of at least 4 members (excludes halogenated alkanes) is 1. The second-order valence-electron chi connectivity index (χ2n) is 5.86. The normalized spacial score (nSPS) is 16.3. The Bertz CT molecular complexity index is 572. The Kier molecular flexibility index (Phi) is 6.36. The van der Waals surface area contributed by atoms with Crippen LogP contribution in [0.4, 0.5) is 5.69 Å². The first kappa shape index (κ1) is 17.7. The van der Waals surface area contributed by atoms with Gasteiger partial charge in [0.1, 0.15) is 0 Å². The van der Waals surface area contributed by atoms with Crippen LogP contribution in [0.25, 0.3) is 0 Å². The Labute approximate surface area is 141 Å². The maximum absolute atomic E-state index is 12.3. The molecule has 0 unspecified atom stereocenters. The van der Waals surface area contributed by atoms with Gasteiger partial charge in [-0.1, -0.05) is 24.9 Å². The number of likely N-dealkylation sites (tertiary alicyclic amines) is 1. The summed E-state index contributed by atoms with van der Waals surface area (Å²) in [6.07, 6.45) is 4.16. The van der Waals surface area contributed by atoms with E-state index in [1.165, 1.54) is 31.0 Å². The second-order valence-corrected chi connectivity index (χ2v) is 6.27. The molecule has 1 saturated heterocycles. The standard InChI is InChI=1S/C16H22ClN3O3/c1-2-3-8-19-9-6-12(7-10-19)18-16(21)14-11-13(20(22)23)4-5-15(14)17/h4-5,11-12H,2-3,6-10H2,1H3,(H,18,21). The molecular weight excluding hydrogens is 318 g/mol. The highest BCUT2D eigenvalue weighted by molar-refractivity contribution is 6.33. The molecule has 1 N–H and O–H groups in total. The van der Waals surface area contributed by atoms with E-state index in [0.29, 0.717) is 0 Å². The zero-order valence-corrected chi connectivity index (χ0v) is 14.0. The van der Waals surface area contributed by atoms with Crippen molar-refractivity contribution in [3.63, 3.8) is 0 Å². The molecule has 126 valence electrons. The lowest BCUT2D eigenvalue weighted by Gasteiger charge is -2.32. The molecule has 2 rings (SSSR count). The van der Waals surface area contributed by atoms with Gasteiger partial charge in [0.2, 0.25) is 0 Å². The zero-order chi connectivity index (χ0) is 16.8. The number of nitro groups is 1. The summed E-state index contributed by atoms with van der Waals surface area (Å²) >= 11 is 6.00. The average molecular weight is 340 g/mol. The highest BCUT2D eigenvalue weighted by Gasteiger charge is 2.22. The van der Waals surface area contributed by atoms with Gasteiger partial charge in [0.05, 0.1) is 15.5 Å². The third-order valence-electron chi connectivity index (χ3n) is 4.16. The molecule has 1 fully saturated rings. The van der Waals surface area contributed by atoms with Gasteiger partial charge in [-0.2, -0.15) is 0 Å². The summed E-state index contributed by atoms with van der Waals surface area (Å²) in [6, 6.07) is 4.01. The van der Waals surface area contributed by atoms with Crippen molar-refractivity contribution in [2.45, 2.75) is 38.6 Å². The molecule has 0 atom stereocenters. The SMILES string of the molecule is CCCCN1CCC(NC(=O)c2cc([N+](=O)[O-])ccc2Cl)CC1. The molecule has 1 aliphatic heterocycles. The summed E-state index contributed by atoms with van der Waals surface area (Å²) in [5.41, 5.74) is 0.0308. The molecule has 7 heteroatoms. The van der Waals surface area contributed by atoms with E-state index in [2.05, 4.69) is 17.1 Å². The van der Waals surface area contributed by atoms with E-state index in [1.54, 1.807) is 0 Å². The minimum atomic E-state index is -0.528. The lowest BCUT2D eigenvalue weighted by Crippen LogP contribution is -2.44. The first-order valence-electron chi connectivity index (χ1n) is 7.98.